The highest BCUT2D eigenvalue weighted by Crippen LogP contribution is 2.17. The standard InChI is InChI=1S/C13H17NO3/c15-13(16)9-10-1-3-11(4-2-10)17-12-5-7-14-8-6-12/h1-4,12,14H,5-9H2,(H,15,16). The highest BCUT2D eigenvalue weighted by molar-refractivity contribution is 5.70. The van der Waals surface area contributed by atoms with Crippen molar-refractivity contribution in [1.82, 2.24) is 5.32 Å². The minimum Gasteiger partial charge on any atom is -0.490 e. The Labute approximate surface area is 101 Å². The molecule has 0 atom stereocenters. The van der Waals surface area contributed by atoms with Gasteiger partial charge in [-0.25, -0.2) is 0 Å². The highest BCUT2D eigenvalue weighted by Gasteiger charge is 2.14. The number of hydrogen-bond acceptors (Lipinski definition) is 3. The molecule has 2 N–H and O–H groups in total. The van der Waals surface area contributed by atoms with Gasteiger partial charge >= 0.3 is 5.97 Å². The molecular weight excluding hydrogens is 218 g/mol. The van der Waals surface area contributed by atoms with Crippen molar-refractivity contribution in [3.05, 3.63) is 29.8 Å². The Hall–Kier alpha value is -1.55. The van der Waals surface area contributed by atoms with Crippen LogP contribution in [0.4, 0.5) is 0 Å². The third-order valence-electron chi connectivity index (χ3n) is 2.87. The Morgan fingerprint density at radius 2 is 1.94 bits per heavy atom. The van der Waals surface area contributed by atoms with Crippen molar-refractivity contribution in [1.29, 1.82) is 0 Å². The molecule has 1 fully saturated rings. The maximum absolute atomic E-state index is 10.5. The number of piperidine rings is 1. The van der Waals surface area contributed by atoms with Gasteiger partial charge < -0.3 is 15.2 Å². The monoisotopic (exact) mass is 235 g/mol. The Morgan fingerprint density at radius 1 is 1.29 bits per heavy atom. The molecule has 1 aliphatic heterocycles. The van der Waals surface area contributed by atoms with E-state index in [4.69, 9.17) is 9.84 Å². The molecule has 17 heavy (non-hydrogen) atoms. The molecule has 1 aliphatic rings. The number of aliphatic carboxylic acids is 1. The first-order valence-corrected chi connectivity index (χ1v) is 5.92. The van der Waals surface area contributed by atoms with Gasteiger partial charge in [-0.3, -0.25) is 4.79 Å². The fourth-order valence-electron chi connectivity index (χ4n) is 1.97. The first kappa shape index (κ1) is 11.9. The number of hydrogen-bond donors (Lipinski definition) is 2. The summed E-state index contributed by atoms with van der Waals surface area (Å²) < 4.78 is 5.83. The molecule has 0 bridgehead atoms. The van der Waals surface area contributed by atoms with Crippen LogP contribution in [0.2, 0.25) is 0 Å². The second kappa shape index (κ2) is 5.68. The van der Waals surface area contributed by atoms with E-state index in [2.05, 4.69) is 5.32 Å². The summed E-state index contributed by atoms with van der Waals surface area (Å²) in [6, 6.07) is 7.32. The third-order valence-corrected chi connectivity index (χ3v) is 2.87. The van der Waals surface area contributed by atoms with Crippen LogP contribution in [-0.2, 0) is 11.2 Å². The van der Waals surface area contributed by atoms with Crippen molar-refractivity contribution in [2.75, 3.05) is 13.1 Å². The molecule has 0 unspecified atom stereocenters. The van der Waals surface area contributed by atoms with Crippen molar-refractivity contribution < 1.29 is 14.6 Å². The van der Waals surface area contributed by atoms with Gasteiger partial charge in [0.1, 0.15) is 11.9 Å². The molecular formula is C13H17NO3. The third kappa shape index (κ3) is 3.75. The van der Waals surface area contributed by atoms with Crippen molar-refractivity contribution in [3.8, 4) is 5.75 Å². The molecule has 4 nitrogen and oxygen atoms in total. The maximum atomic E-state index is 10.5. The zero-order chi connectivity index (χ0) is 12.1. The Morgan fingerprint density at radius 3 is 2.53 bits per heavy atom. The van der Waals surface area contributed by atoms with Gasteiger partial charge in [0.05, 0.1) is 6.42 Å². The highest BCUT2D eigenvalue weighted by atomic mass is 16.5. The van der Waals surface area contributed by atoms with E-state index in [9.17, 15) is 4.79 Å². The maximum Gasteiger partial charge on any atom is 0.307 e. The number of ether oxygens (including phenoxy) is 1. The first-order chi connectivity index (χ1) is 8.24. The predicted molar refractivity (Wildman–Crippen MR) is 64.3 cm³/mol. The smallest absolute Gasteiger partial charge is 0.307 e. The van der Waals surface area contributed by atoms with Crippen molar-refractivity contribution in [3.63, 3.8) is 0 Å². The van der Waals surface area contributed by atoms with Crippen molar-refractivity contribution in [2.24, 2.45) is 0 Å². The van der Waals surface area contributed by atoms with Crippen LogP contribution in [-0.4, -0.2) is 30.3 Å². The molecule has 1 heterocycles. The van der Waals surface area contributed by atoms with Gasteiger partial charge in [0.25, 0.3) is 0 Å². The Balaban J connectivity index is 1.90. The molecule has 0 radical (unpaired) electrons. The number of rotatable bonds is 4. The average Bonchev–Trinajstić information content (AvgIpc) is 2.32. The van der Waals surface area contributed by atoms with Gasteiger partial charge in [0, 0.05) is 0 Å². The van der Waals surface area contributed by atoms with E-state index < -0.39 is 5.97 Å². The largest absolute Gasteiger partial charge is 0.490 e. The summed E-state index contributed by atoms with van der Waals surface area (Å²) in [7, 11) is 0. The van der Waals surface area contributed by atoms with E-state index in [0.29, 0.717) is 0 Å². The average molecular weight is 235 g/mol. The van der Waals surface area contributed by atoms with Crippen molar-refractivity contribution >= 4 is 5.97 Å². The van der Waals surface area contributed by atoms with Crippen LogP contribution in [0.3, 0.4) is 0 Å². The number of carboxylic acid groups (broad SMARTS) is 1. The number of carbonyl (C=O) groups is 1. The van der Waals surface area contributed by atoms with E-state index in [1.165, 1.54) is 0 Å². The number of benzene rings is 1. The summed E-state index contributed by atoms with van der Waals surface area (Å²) in [5.41, 5.74) is 0.801. The van der Waals surface area contributed by atoms with Gasteiger partial charge in [-0.15, -0.1) is 0 Å². The molecule has 92 valence electrons. The molecule has 1 aromatic rings. The Kier molecular flexibility index (Phi) is 3.98. The molecule has 0 aromatic heterocycles. The molecule has 1 saturated heterocycles. The lowest BCUT2D eigenvalue weighted by Gasteiger charge is -2.23. The van der Waals surface area contributed by atoms with Crippen LogP contribution in [0.5, 0.6) is 5.75 Å². The van der Waals surface area contributed by atoms with Gasteiger partial charge in [0.2, 0.25) is 0 Å². The predicted octanol–water partition coefficient (Wildman–Crippen LogP) is 1.44. The summed E-state index contributed by atoms with van der Waals surface area (Å²) in [5.74, 6) is 0.0167. The lowest BCUT2D eigenvalue weighted by molar-refractivity contribution is -0.136. The fraction of sp³-hybridized carbons (Fsp3) is 0.462. The van der Waals surface area contributed by atoms with Crippen LogP contribution < -0.4 is 10.1 Å². The van der Waals surface area contributed by atoms with E-state index in [1.54, 1.807) is 0 Å². The minimum absolute atomic E-state index is 0.0631. The van der Waals surface area contributed by atoms with Gasteiger partial charge in [-0.05, 0) is 43.6 Å². The molecule has 0 amide bonds. The molecule has 0 aliphatic carbocycles. The van der Waals surface area contributed by atoms with Crippen LogP contribution in [0.1, 0.15) is 18.4 Å². The van der Waals surface area contributed by atoms with E-state index >= 15 is 0 Å². The van der Waals surface area contributed by atoms with Crippen LogP contribution in [0.15, 0.2) is 24.3 Å². The summed E-state index contributed by atoms with van der Waals surface area (Å²) in [4.78, 5) is 10.5. The van der Waals surface area contributed by atoms with Gasteiger partial charge in [0.15, 0.2) is 0 Å². The Bertz CT molecular complexity index is 369. The molecule has 1 aromatic carbocycles. The summed E-state index contributed by atoms with van der Waals surface area (Å²) in [5, 5.41) is 11.9. The van der Waals surface area contributed by atoms with Gasteiger partial charge in [-0.1, -0.05) is 12.1 Å². The lowest BCUT2D eigenvalue weighted by atomic mass is 10.1. The quantitative estimate of drug-likeness (QED) is 0.829. The second-order valence-electron chi connectivity index (χ2n) is 4.28. The van der Waals surface area contributed by atoms with Crippen LogP contribution in [0, 0.1) is 0 Å². The van der Waals surface area contributed by atoms with Crippen LogP contribution in [0.25, 0.3) is 0 Å². The summed E-state index contributed by atoms with van der Waals surface area (Å²) in [6.45, 7) is 2.00. The van der Waals surface area contributed by atoms with Crippen LogP contribution >= 0.6 is 0 Å². The topological polar surface area (TPSA) is 58.6 Å². The lowest BCUT2D eigenvalue weighted by Crippen LogP contribution is -2.34. The second-order valence-corrected chi connectivity index (χ2v) is 4.28. The van der Waals surface area contributed by atoms with E-state index in [0.717, 1.165) is 37.2 Å². The molecule has 4 heteroatoms. The molecule has 2 rings (SSSR count). The molecule has 0 saturated carbocycles. The van der Waals surface area contributed by atoms with Crippen molar-refractivity contribution in [2.45, 2.75) is 25.4 Å². The molecule has 0 spiro atoms. The normalized spacial score (nSPS) is 16.7. The van der Waals surface area contributed by atoms with Gasteiger partial charge in [-0.2, -0.15) is 0 Å². The fourth-order valence-corrected chi connectivity index (χ4v) is 1.97. The van der Waals surface area contributed by atoms with E-state index in [1.807, 2.05) is 24.3 Å². The zero-order valence-electron chi connectivity index (χ0n) is 9.69. The summed E-state index contributed by atoms with van der Waals surface area (Å²) >= 11 is 0. The first-order valence-electron chi connectivity index (χ1n) is 5.92. The number of nitrogens with one attached hydrogen (secondary N) is 1. The SMILES string of the molecule is O=C(O)Cc1ccc(OC2CCNCC2)cc1. The minimum atomic E-state index is -0.808. The zero-order valence-corrected chi connectivity index (χ0v) is 9.69. The van der Waals surface area contributed by atoms with E-state index in [-0.39, 0.29) is 12.5 Å². The summed E-state index contributed by atoms with van der Waals surface area (Å²) in [6.07, 6.45) is 2.39. The number of carboxylic acids is 1.